The SMILES string of the molecule is CCNc1ncc(F)cc1C(=O)Nc1nc(C)c(C)s1. The number of rotatable bonds is 4. The fourth-order valence-corrected chi connectivity index (χ4v) is 2.42. The fraction of sp³-hybridized carbons (Fsp3) is 0.308. The molecule has 106 valence electrons. The van der Waals surface area contributed by atoms with Gasteiger partial charge in [0, 0.05) is 11.4 Å². The quantitative estimate of drug-likeness (QED) is 0.909. The van der Waals surface area contributed by atoms with Crippen LogP contribution in [0, 0.1) is 19.7 Å². The first-order valence-corrected chi connectivity index (χ1v) is 6.97. The van der Waals surface area contributed by atoms with Crippen molar-refractivity contribution in [3.05, 3.63) is 34.2 Å². The van der Waals surface area contributed by atoms with Crippen molar-refractivity contribution in [1.29, 1.82) is 0 Å². The van der Waals surface area contributed by atoms with E-state index < -0.39 is 11.7 Å². The lowest BCUT2D eigenvalue weighted by Crippen LogP contribution is -2.16. The molecule has 0 aliphatic heterocycles. The highest BCUT2D eigenvalue weighted by molar-refractivity contribution is 7.15. The first-order chi connectivity index (χ1) is 9.51. The third-order valence-electron chi connectivity index (χ3n) is 2.69. The second-order valence-electron chi connectivity index (χ2n) is 4.19. The lowest BCUT2D eigenvalue weighted by Gasteiger charge is -2.08. The van der Waals surface area contributed by atoms with Gasteiger partial charge in [0.1, 0.15) is 11.6 Å². The third kappa shape index (κ3) is 3.11. The van der Waals surface area contributed by atoms with E-state index in [9.17, 15) is 9.18 Å². The van der Waals surface area contributed by atoms with Gasteiger partial charge in [0.15, 0.2) is 5.13 Å². The molecule has 20 heavy (non-hydrogen) atoms. The lowest BCUT2D eigenvalue weighted by atomic mass is 10.2. The predicted molar refractivity (Wildman–Crippen MR) is 77.9 cm³/mol. The van der Waals surface area contributed by atoms with Crippen LogP contribution in [0.15, 0.2) is 12.3 Å². The van der Waals surface area contributed by atoms with Crippen LogP contribution in [0.5, 0.6) is 0 Å². The Balaban J connectivity index is 2.26. The molecule has 5 nitrogen and oxygen atoms in total. The Labute approximate surface area is 120 Å². The molecule has 0 aromatic carbocycles. The van der Waals surface area contributed by atoms with E-state index in [0.717, 1.165) is 22.8 Å². The molecule has 1 amide bonds. The van der Waals surface area contributed by atoms with Crippen molar-refractivity contribution in [3.63, 3.8) is 0 Å². The smallest absolute Gasteiger partial charge is 0.261 e. The summed E-state index contributed by atoms with van der Waals surface area (Å²) in [5, 5.41) is 6.10. The number of carbonyl (C=O) groups excluding carboxylic acids is 1. The van der Waals surface area contributed by atoms with Crippen molar-refractivity contribution in [2.24, 2.45) is 0 Å². The van der Waals surface area contributed by atoms with Crippen molar-refractivity contribution in [3.8, 4) is 0 Å². The van der Waals surface area contributed by atoms with Crippen LogP contribution in [0.4, 0.5) is 15.3 Å². The van der Waals surface area contributed by atoms with Crippen molar-refractivity contribution < 1.29 is 9.18 Å². The summed E-state index contributed by atoms with van der Waals surface area (Å²) in [5.41, 5.74) is 1.03. The highest BCUT2D eigenvalue weighted by atomic mass is 32.1. The molecule has 2 N–H and O–H groups in total. The number of anilines is 2. The van der Waals surface area contributed by atoms with Crippen LogP contribution in [0.1, 0.15) is 27.9 Å². The number of nitrogens with zero attached hydrogens (tertiary/aromatic N) is 2. The van der Waals surface area contributed by atoms with E-state index in [0.29, 0.717) is 17.5 Å². The molecular weight excluding hydrogens is 279 g/mol. The van der Waals surface area contributed by atoms with E-state index >= 15 is 0 Å². The minimum absolute atomic E-state index is 0.164. The zero-order valence-electron chi connectivity index (χ0n) is 11.5. The standard InChI is InChI=1S/C13H15FN4OS/c1-4-15-11-10(5-9(14)6-16-11)12(19)18-13-17-7(2)8(3)20-13/h5-6H,4H2,1-3H3,(H,15,16)(H,17,18,19). The highest BCUT2D eigenvalue weighted by Gasteiger charge is 2.15. The van der Waals surface area contributed by atoms with Gasteiger partial charge in [-0.1, -0.05) is 0 Å². The molecule has 0 spiro atoms. The van der Waals surface area contributed by atoms with Crippen LogP contribution in [0.3, 0.4) is 0 Å². The Morgan fingerprint density at radius 2 is 2.20 bits per heavy atom. The number of pyridine rings is 1. The number of hydrogen-bond donors (Lipinski definition) is 2. The second kappa shape index (κ2) is 5.96. The topological polar surface area (TPSA) is 66.9 Å². The van der Waals surface area contributed by atoms with E-state index in [-0.39, 0.29) is 5.56 Å². The molecular formula is C13H15FN4OS. The van der Waals surface area contributed by atoms with Gasteiger partial charge in [0.05, 0.1) is 17.5 Å². The number of carbonyl (C=O) groups is 1. The third-order valence-corrected chi connectivity index (χ3v) is 3.68. The zero-order valence-corrected chi connectivity index (χ0v) is 12.3. The van der Waals surface area contributed by atoms with Gasteiger partial charge in [-0.3, -0.25) is 10.1 Å². The molecule has 0 aliphatic carbocycles. The van der Waals surface area contributed by atoms with E-state index in [1.165, 1.54) is 11.3 Å². The Morgan fingerprint density at radius 1 is 1.45 bits per heavy atom. The maximum atomic E-state index is 13.3. The first-order valence-electron chi connectivity index (χ1n) is 6.16. The largest absolute Gasteiger partial charge is 0.370 e. The molecule has 0 saturated carbocycles. The van der Waals surface area contributed by atoms with Gasteiger partial charge >= 0.3 is 0 Å². The molecule has 0 radical (unpaired) electrons. The van der Waals surface area contributed by atoms with Crippen molar-refractivity contribution in [2.75, 3.05) is 17.2 Å². The Morgan fingerprint density at radius 3 is 2.80 bits per heavy atom. The maximum Gasteiger partial charge on any atom is 0.261 e. The monoisotopic (exact) mass is 294 g/mol. The average Bonchev–Trinajstić information content (AvgIpc) is 2.70. The average molecular weight is 294 g/mol. The molecule has 0 saturated heterocycles. The number of thiazole rings is 1. The Hall–Kier alpha value is -2.02. The van der Waals surface area contributed by atoms with Crippen LogP contribution < -0.4 is 10.6 Å². The number of nitrogens with one attached hydrogen (secondary N) is 2. The molecule has 2 aromatic rings. The minimum atomic E-state index is -0.552. The van der Waals surface area contributed by atoms with E-state index in [1.54, 1.807) is 0 Å². The van der Waals surface area contributed by atoms with Gasteiger partial charge in [-0.25, -0.2) is 14.4 Å². The van der Waals surface area contributed by atoms with Crippen molar-refractivity contribution in [2.45, 2.75) is 20.8 Å². The molecule has 7 heteroatoms. The van der Waals surface area contributed by atoms with Gasteiger partial charge < -0.3 is 5.32 Å². The maximum absolute atomic E-state index is 13.3. The first kappa shape index (κ1) is 14.4. The van der Waals surface area contributed by atoms with Crippen LogP contribution in [0.25, 0.3) is 0 Å². The van der Waals surface area contributed by atoms with Crippen LogP contribution >= 0.6 is 11.3 Å². The lowest BCUT2D eigenvalue weighted by molar-refractivity contribution is 0.102. The Bertz CT molecular complexity index is 622. The molecule has 2 aromatic heterocycles. The van der Waals surface area contributed by atoms with Gasteiger partial charge in [-0.15, -0.1) is 11.3 Å². The zero-order chi connectivity index (χ0) is 14.7. The van der Waals surface area contributed by atoms with E-state index in [4.69, 9.17) is 0 Å². The molecule has 2 heterocycles. The molecule has 2 rings (SSSR count). The summed E-state index contributed by atoms with van der Waals surface area (Å²) in [6.45, 7) is 6.26. The van der Waals surface area contributed by atoms with Gasteiger partial charge in [-0.05, 0) is 26.8 Å². The van der Waals surface area contributed by atoms with Gasteiger partial charge in [0.25, 0.3) is 5.91 Å². The predicted octanol–water partition coefficient (Wildman–Crippen LogP) is 2.98. The molecule has 0 atom stereocenters. The van der Waals surface area contributed by atoms with Crippen molar-refractivity contribution >= 4 is 28.2 Å². The molecule has 0 unspecified atom stereocenters. The van der Waals surface area contributed by atoms with Gasteiger partial charge in [0.2, 0.25) is 0 Å². The highest BCUT2D eigenvalue weighted by Crippen LogP contribution is 2.23. The number of aryl methyl sites for hydroxylation is 2. The summed E-state index contributed by atoms with van der Waals surface area (Å²) in [5.74, 6) is -0.624. The summed E-state index contributed by atoms with van der Waals surface area (Å²) >= 11 is 1.38. The van der Waals surface area contributed by atoms with Crippen LogP contribution in [-0.2, 0) is 0 Å². The summed E-state index contributed by atoms with van der Waals surface area (Å²) in [6, 6.07) is 1.16. The normalized spacial score (nSPS) is 10.4. The number of amides is 1. The number of aromatic nitrogens is 2. The summed E-state index contributed by atoms with van der Waals surface area (Å²) < 4.78 is 13.3. The fourth-order valence-electron chi connectivity index (χ4n) is 1.61. The molecule has 0 aliphatic rings. The molecule has 0 bridgehead atoms. The van der Waals surface area contributed by atoms with Crippen LogP contribution in [-0.4, -0.2) is 22.4 Å². The second-order valence-corrected chi connectivity index (χ2v) is 5.40. The van der Waals surface area contributed by atoms with Gasteiger partial charge in [-0.2, -0.15) is 0 Å². The van der Waals surface area contributed by atoms with E-state index in [2.05, 4.69) is 20.6 Å². The number of hydrogen-bond acceptors (Lipinski definition) is 5. The van der Waals surface area contributed by atoms with Crippen LogP contribution in [0.2, 0.25) is 0 Å². The summed E-state index contributed by atoms with van der Waals surface area (Å²) in [6.07, 6.45) is 1.08. The summed E-state index contributed by atoms with van der Waals surface area (Å²) in [7, 11) is 0. The van der Waals surface area contributed by atoms with Crippen molar-refractivity contribution in [1.82, 2.24) is 9.97 Å². The summed E-state index contributed by atoms with van der Waals surface area (Å²) in [4.78, 5) is 21.3. The Kier molecular flexibility index (Phi) is 4.29. The minimum Gasteiger partial charge on any atom is -0.370 e. The van der Waals surface area contributed by atoms with E-state index in [1.807, 2.05) is 20.8 Å². The molecule has 0 fully saturated rings. The number of halogens is 1.